The number of nitrogens with one attached hydrogen (secondary N) is 1. The van der Waals surface area contributed by atoms with Crippen LogP contribution in [0.25, 0.3) is 0 Å². The molecule has 7 nitrogen and oxygen atoms in total. The summed E-state index contributed by atoms with van der Waals surface area (Å²) < 4.78 is 5.78. The molecule has 0 radical (unpaired) electrons. The first kappa shape index (κ1) is 14.5. The van der Waals surface area contributed by atoms with Crippen molar-refractivity contribution in [2.75, 3.05) is 12.4 Å². The highest BCUT2D eigenvalue weighted by molar-refractivity contribution is 5.60. The fourth-order valence-corrected chi connectivity index (χ4v) is 2.56. The van der Waals surface area contributed by atoms with Gasteiger partial charge in [0.05, 0.1) is 4.92 Å². The van der Waals surface area contributed by atoms with Gasteiger partial charge in [-0.3, -0.25) is 10.1 Å². The molecule has 0 aromatic carbocycles. The van der Waals surface area contributed by atoms with Crippen LogP contribution >= 0.6 is 0 Å². The molecule has 1 fully saturated rings. The Morgan fingerprint density at radius 3 is 2.70 bits per heavy atom. The van der Waals surface area contributed by atoms with Crippen molar-refractivity contribution >= 4 is 11.5 Å². The lowest BCUT2D eigenvalue weighted by Crippen LogP contribution is -2.29. The number of nitro groups is 1. The Morgan fingerprint density at radius 2 is 2.10 bits per heavy atom. The van der Waals surface area contributed by atoms with Gasteiger partial charge in [0.25, 0.3) is 5.88 Å². The number of rotatable bonds is 4. The molecule has 1 aliphatic carbocycles. The molecule has 7 heteroatoms. The molecule has 1 N–H and O–H groups in total. The summed E-state index contributed by atoms with van der Waals surface area (Å²) in [6, 6.07) is 0. The highest BCUT2D eigenvalue weighted by Gasteiger charge is 2.30. The van der Waals surface area contributed by atoms with Crippen molar-refractivity contribution in [3.63, 3.8) is 0 Å². The number of hydrogen-bond acceptors (Lipinski definition) is 6. The summed E-state index contributed by atoms with van der Waals surface area (Å²) in [6.45, 7) is 4.42. The standard InChI is InChI=1S/C13H20N4O3/c1-8-4-5-10(6-9(8)2)20-13-11(17(18)19)12(14-3)15-7-16-13/h7-10H,4-6H2,1-3H3,(H,14,15,16). The van der Waals surface area contributed by atoms with E-state index in [0.717, 1.165) is 19.3 Å². The third kappa shape index (κ3) is 2.97. The molecule has 2 rings (SSSR count). The molecule has 3 atom stereocenters. The maximum absolute atomic E-state index is 11.2. The Bertz CT molecular complexity index is 495. The van der Waals surface area contributed by atoms with E-state index in [-0.39, 0.29) is 23.5 Å². The van der Waals surface area contributed by atoms with Gasteiger partial charge in [-0.2, -0.15) is 4.98 Å². The second-order valence-corrected chi connectivity index (χ2v) is 5.39. The molecule has 0 saturated heterocycles. The second-order valence-electron chi connectivity index (χ2n) is 5.39. The van der Waals surface area contributed by atoms with E-state index in [0.29, 0.717) is 11.8 Å². The Labute approximate surface area is 117 Å². The van der Waals surface area contributed by atoms with Crippen LogP contribution in [-0.2, 0) is 0 Å². The zero-order chi connectivity index (χ0) is 14.7. The van der Waals surface area contributed by atoms with Crippen molar-refractivity contribution in [2.45, 2.75) is 39.2 Å². The van der Waals surface area contributed by atoms with Crippen LogP contribution < -0.4 is 10.1 Å². The van der Waals surface area contributed by atoms with Gasteiger partial charge in [0, 0.05) is 7.05 Å². The number of ether oxygens (including phenoxy) is 1. The van der Waals surface area contributed by atoms with Crippen LogP contribution in [-0.4, -0.2) is 28.0 Å². The SMILES string of the molecule is CNc1ncnc(OC2CCC(C)C(C)C2)c1[N+](=O)[O-]. The summed E-state index contributed by atoms with van der Waals surface area (Å²) in [4.78, 5) is 18.4. The number of hydrogen-bond donors (Lipinski definition) is 1. The summed E-state index contributed by atoms with van der Waals surface area (Å²) in [6.07, 6.45) is 4.14. The van der Waals surface area contributed by atoms with Crippen LogP contribution in [0.15, 0.2) is 6.33 Å². The largest absolute Gasteiger partial charge is 0.469 e. The molecular formula is C13H20N4O3. The molecule has 1 saturated carbocycles. The molecule has 0 spiro atoms. The summed E-state index contributed by atoms with van der Waals surface area (Å²) in [7, 11) is 1.59. The fraction of sp³-hybridized carbons (Fsp3) is 0.692. The summed E-state index contributed by atoms with van der Waals surface area (Å²) in [5, 5.41) is 13.9. The van der Waals surface area contributed by atoms with E-state index in [1.807, 2.05) is 0 Å². The molecular weight excluding hydrogens is 260 g/mol. The minimum absolute atomic E-state index is 0.0143. The normalized spacial score (nSPS) is 26.1. The molecule has 110 valence electrons. The molecule has 1 aromatic rings. The van der Waals surface area contributed by atoms with Gasteiger partial charge < -0.3 is 10.1 Å². The molecule has 3 unspecified atom stereocenters. The first-order valence-corrected chi connectivity index (χ1v) is 6.86. The molecule has 1 heterocycles. The lowest BCUT2D eigenvalue weighted by Gasteiger charge is -2.31. The van der Waals surface area contributed by atoms with Gasteiger partial charge in [-0.05, 0) is 31.1 Å². The van der Waals surface area contributed by atoms with Crippen LogP contribution in [0.4, 0.5) is 11.5 Å². The Morgan fingerprint density at radius 1 is 1.35 bits per heavy atom. The van der Waals surface area contributed by atoms with E-state index in [9.17, 15) is 10.1 Å². The van der Waals surface area contributed by atoms with Gasteiger partial charge in [-0.25, -0.2) is 4.98 Å². The van der Waals surface area contributed by atoms with Crippen LogP contribution in [0.2, 0.25) is 0 Å². The molecule has 0 bridgehead atoms. The van der Waals surface area contributed by atoms with Gasteiger partial charge in [0.15, 0.2) is 0 Å². The lowest BCUT2D eigenvalue weighted by atomic mass is 9.80. The van der Waals surface area contributed by atoms with Crippen LogP contribution in [0.1, 0.15) is 33.1 Å². The van der Waals surface area contributed by atoms with Gasteiger partial charge in [0.1, 0.15) is 12.4 Å². The Balaban J connectivity index is 2.19. The van der Waals surface area contributed by atoms with Gasteiger partial charge in [0.2, 0.25) is 5.82 Å². The van der Waals surface area contributed by atoms with Crippen molar-refractivity contribution < 1.29 is 9.66 Å². The van der Waals surface area contributed by atoms with E-state index in [2.05, 4.69) is 29.1 Å². The summed E-state index contributed by atoms with van der Waals surface area (Å²) in [5.74, 6) is 1.46. The Hall–Kier alpha value is -1.92. The molecule has 0 aliphatic heterocycles. The monoisotopic (exact) mass is 280 g/mol. The fourth-order valence-electron chi connectivity index (χ4n) is 2.56. The van der Waals surface area contributed by atoms with Gasteiger partial charge >= 0.3 is 5.69 Å². The zero-order valence-corrected chi connectivity index (χ0v) is 12.0. The molecule has 0 amide bonds. The summed E-state index contributed by atoms with van der Waals surface area (Å²) >= 11 is 0. The van der Waals surface area contributed by atoms with Gasteiger partial charge in [-0.1, -0.05) is 13.8 Å². The first-order valence-electron chi connectivity index (χ1n) is 6.86. The van der Waals surface area contributed by atoms with Crippen molar-refractivity contribution in [1.29, 1.82) is 0 Å². The average molecular weight is 280 g/mol. The van der Waals surface area contributed by atoms with Crippen LogP contribution in [0, 0.1) is 22.0 Å². The van der Waals surface area contributed by atoms with E-state index in [1.165, 1.54) is 6.33 Å². The van der Waals surface area contributed by atoms with E-state index < -0.39 is 4.92 Å². The minimum atomic E-state index is -0.504. The summed E-state index contributed by atoms with van der Waals surface area (Å²) in [5.41, 5.74) is -0.193. The number of nitrogens with zero attached hydrogens (tertiary/aromatic N) is 3. The number of aromatic nitrogens is 2. The van der Waals surface area contributed by atoms with E-state index in [1.54, 1.807) is 7.05 Å². The second kappa shape index (κ2) is 6.02. The third-order valence-electron chi connectivity index (χ3n) is 4.04. The molecule has 20 heavy (non-hydrogen) atoms. The van der Waals surface area contributed by atoms with E-state index >= 15 is 0 Å². The smallest absolute Gasteiger partial charge is 0.372 e. The van der Waals surface area contributed by atoms with Gasteiger partial charge in [-0.15, -0.1) is 0 Å². The lowest BCUT2D eigenvalue weighted by molar-refractivity contribution is -0.385. The predicted molar refractivity (Wildman–Crippen MR) is 74.8 cm³/mol. The molecule has 1 aromatic heterocycles. The maximum atomic E-state index is 11.2. The van der Waals surface area contributed by atoms with Crippen molar-refractivity contribution in [3.05, 3.63) is 16.4 Å². The quantitative estimate of drug-likeness (QED) is 0.673. The third-order valence-corrected chi connectivity index (χ3v) is 4.04. The molecule has 1 aliphatic rings. The van der Waals surface area contributed by atoms with Crippen molar-refractivity contribution in [1.82, 2.24) is 9.97 Å². The van der Waals surface area contributed by atoms with Crippen molar-refractivity contribution in [3.8, 4) is 5.88 Å². The van der Waals surface area contributed by atoms with Crippen molar-refractivity contribution in [2.24, 2.45) is 11.8 Å². The minimum Gasteiger partial charge on any atom is -0.469 e. The number of anilines is 1. The highest BCUT2D eigenvalue weighted by Crippen LogP contribution is 2.35. The Kier molecular flexibility index (Phi) is 4.36. The van der Waals surface area contributed by atoms with E-state index in [4.69, 9.17) is 4.74 Å². The van der Waals surface area contributed by atoms with Crippen LogP contribution in [0.5, 0.6) is 5.88 Å². The van der Waals surface area contributed by atoms with Crippen LogP contribution in [0.3, 0.4) is 0 Å². The average Bonchev–Trinajstić information content (AvgIpc) is 2.42. The first-order chi connectivity index (χ1) is 9.52. The highest BCUT2D eigenvalue weighted by atomic mass is 16.6. The maximum Gasteiger partial charge on any atom is 0.372 e. The zero-order valence-electron chi connectivity index (χ0n) is 12.0. The topological polar surface area (TPSA) is 90.2 Å². The predicted octanol–water partition coefficient (Wildman–Crippen LogP) is 2.63.